The zero-order valence-electron chi connectivity index (χ0n) is 8.02. The number of rotatable bonds is 2. The molecule has 0 radical (unpaired) electrons. The lowest BCUT2D eigenvalue weighted by atomic mass is 10.0. The summed E-state index contributed by atoms with van der Waals surface area (Å²) in [6, 6.07) is 0. The van der Waals surface area contributed by atoms with Gasteiger partial charge in [0.05, 0.1) is 0 Å². The Balaban J connectivity index is 2.66. The van der Waals surface area contributed by atoms with Gasteiger partial charge in [0, 0.05) is 11.2 Å². The summed E-state index contributed by atoms with van der Waals surface area (Å²) < 4.78 is 0.189. The van der Waals surface area contributed by atoms with Gasteiger partial charge in [0.2, 0.25) is 0 Å². The van der Waals surface area contributed by atoms with Gasteiger partial charge in [0.25, 0.3) is 0 Å². The minimum Gasteiger partial charge on any atom is -0.303 e. The Labute approximate surface area is 78.6 Å². The van der Waals surface area contributed by atoms with E-state index in [0.717, 1.165) is 19.1 Å². The molecule has 1 nitrogen and oxygen atoms in total. The minimum atomic E-state index is 0.189. The molecule has 0 N–H and O–H groups in total. The molecular weight excluding hydrogens is 168 g/mol. The van der Waals surface area contributed by atoms with Gasteiger partial charge in [-0.05, 0) is 38.5 Å². The lowest BCUT2D eigenvalue weighted by Gasteiger charge is -2.18. The Kier molecular flexibility index (Phi) is 2.99. The standard InChI is InChI=1S/C10H16OS/c1-8(2)9-4-5-10(3,12-9)6-7-11/h7H,4-6H2,1-3H3. The number of hydrogen-bond acceptors (Lipinski definition) is 2. The first-order valence-corrected chi connectivity index (χ1v) is 5.18. The summed E-state index contributed by atoms with van der Waals surface area (Å²) in [5.74, 6) is 0. The molecule has 0 amide bonds. The molecule has 0 aromatic carbocycles. The van der Waals surface area contributed by atoms with Crippen LogP contribution in [0.15, 0.2) is 10.5 Å². The Morgan fingerprint density at radius 2 is 2.33 bits per heavy atom. The average Bonchev–Trinajstić information content (AvgIpc) is 2.33. The zero-order valence-corrected chi connectivity index (χ0v) is 8.83. The van der Waals surface area contributed by atoms with E-state index in [4.69, 9.17) is 0 Å². The van der Waals surface area contributed by atoms with Crippen molar-refractivity contribution in [2.24, 2.45) is 0 Å². The number of thioether (sulfide) groups is 1. The van der Waals surface area contributed by atoms with Gasteiger partial charge in [0.15, 0.2) is 0 Å². The van der Waals surface area contributed by atoms with E-state index >= 15 is 0 Å². The normalized spacial score (nSPS) is 29.1. The van der Waals surface area contributed by atoms with Crippen LogP contribution in [0.5, 0.6) is 0 Å². The van der Waals surface area contributed by atoms with Crippen molar-refractivity contribution in [2.75, 3.05) is 0 Å². The predicted octanol–water partition coefficient (Wildman–Crippen LogP) is 3.16. The molecule has 1 aliphatic heterocycles. The summed E-state index contributed by atoms with van der Waals surface area (Å²) >= 11 is 1.89. The first kappa shape index (κ1) is 9.85. The molecule has 0 bridgehead atoms. The highest BCUT2D eigenvalue weighted by Crippen LogP contribution is 2.48. The molecule has 12 heavy (non-hydrogen) atoms. The van der Waals surface area contributed by atoms with E-state index in [9.17, 15) is 4.79 Å². The van der Waals surface area contributed by atoms with E-state index in [0.29, 0.717) is 6.42 Å². The summed E-state index contributed by atoms with van der Waals surface area (Å²) in [5, 5.41) is 0. The molecule has 1 unspecified atom stereocenters. The van der Waals surface area contributed by atoms with Gasteiger partial charge in [0.1, 0.15) is 6.29 Å². The maximum absolute atomic E-state index is 10.4. The van der Waals surface area contributed by atoms with Crippen LogP contribution >= 0.6 is 11.8 Å². The first-order valence-electron chi connectivity index (χ1n) is 4.36. The Hall–Kier alpha value is -0.240. The highest BCUT2D eigenvalue weighted by molar-refractivity contribution is 8.04. The van der Waals surface area contributed by atoms with Crippen molar-refractivity contribution in [3.8, 4) is 0 Å². The molecule has 0 aromatic heterocycles. The second-order valence-electron chi connectivity index (χ2n) is 3.85. The fraction of sp³-hybridized carbons (Fsp3) is 0.700. The molecule has 1 rings (SSSR count). The number of allylic oxidation sites excluding steroid dienone is 2. The third-order valence-electron chi connectivity index (χ3n) is 2.32. The molecule has 1 fully saturated rings. The number of carbonyl (C=O) groups is 1. The minimum absolute atomic E-state index is 0.189. The number of aldehydes is 1. The summed E-state index contributed by atoms with van der Waals surface area (Å²) in [6.45, 7) is 6.48. The second kappa shape index (κ2) is 3.65. The van der Waals surface area contributed by atoms with Gasteiger partial charge >= 0.3 is 0 Å². The monoisotopic (exact) mass is 184 g/mol. The first-order chi connectivity index (χ1) is 5.57. The van der Waals surface area contributed by atoms with Crippen LogP contribution in [0.1, 0.15) is 40.0 Å². The molecule has 1 heterocycles. The van der Waals surface area contributed by atoms with Crippen LogP contribution in [0.3, 0.4) is 0 Å². The number of carbonyl (C=O) groups excluding carboxylic acids is 1. The molecule has 2 heteroatoms. The van der Waals surface area contributed by atoms with Crippen molar-refractivity contribution >= 4 is 18.0 Å². The maximum Gasteiger partial charge on any atom is 0.121 e. The molecule has 1 atom stereocenters. The third-order valence-corrected chi connectivity index (χ3v) is 4.05. The van der Waals surface area contributed by atoms with E-state index in [1.807, 2.05) is 11.8 Å². The highest BCUT2D eigenvalue weighted by atomic mass is 32.2. The van der Waals surface area contributed by atoms with Crippen LogP contribution in [0.4, 0.5) is 0 Å². The van der Waals surface area contributed by atoms with Crippen LogP contribution in [-0.4, -0.2) is 11.0 Å². The van der Waals surface area contributed by atoms with E-state index in [2.05, 4.69) is 20.8 Å². The Bertz CT molecular complexity index is 216. The van der Waals surface area contributed by atoms with Crippen LogP contribution in [0, 0.1) is 0 Å². The lowest BCUT2D eigenvalue weighted by Crippen LogP contribution is -2.15. The second-order valence-corrected chi connectivity index (χ2v) is 5.53. The summed E-state index contributed by atoms with van der Waals surface area (Å²) in [4.78, 5) is 11.9. The SMILES string of the molecule is CC(C)=C1CCC(C)(CC=O)S1. The van der Waals surface area contributed by atoms with Gasteiger partial charge in [-0.2, -0.15) is 0 Å². The number of hydrogen-bond donors (Lipinski definition) is 0. The van der Waals surface area contributed by atoms with Gasteiger partial charge in [-0.25, -0.2) is 0 Å². The van der Waals surface area contributed by atoms with Crippen LogP contribution < -0.4 is 0 Å². The van der Waals surface area contributed by atoms with Crippen LogP contribution in [-0.2, 0) is 4.79 Å². The fourth-order valence-electron chi connectivity index (χ4n) is 1.45. The fourth-order valence-corrected chi connectivity index (χ4v) is 2.81. The maximum atomic E-state index is 10.4. The Morgan fingerprint density at radius 3 is 2.75 bits per heavy atom. The topological polar surface area (TPSA) is 17.1 Å². The molecule has 68 valence electrons. The summed E-state index contributed by atoms with van der Waals surface area (Å²) in [6.07, 6.45) is 4.05. The quantitative estimate of drug-likeness (QED) is 0.613. The zero-order chi connectivity index (χ0) is 9.19. The van der Waals surface area contributed by atoms with E-state index in [-0.39, 0.29) is 4.75 Å². The van der Waals surface area contributed by atoms with Crippen molar-refractivity contribution in [2.45, 2.75) is 44.8 Å². The van der Waals surface area contributed by atoms with Gasteiger partial charge in [-0.3, -0.25) is 0 Å². The molecule has 0 aliphatic carbocycles. The molecule has 0 saturated carbocycles. The Morgan fingerprint density at radius 1 is 1.67 bits per heavy atom. The van der Waals surface area contributed by atoms with Gasteiger partial charge in [-0.15, -0.1) is 11.8 Å². The van der Waals surface area contributed by atoms with E-state index < -0.39 is 0 Å². The molecular formula is C10H16OS. The smallest absolute Gasteiger partial charge is 0.121 e. The lowest BCUT2D eigenvalue weighted by molar-refractivity contribution is -0.108. The molecule has 1 aliphatic rings. The van der Waals surface area contributed by atoms with Crippen molar-refractivity contribution < 1.29 is 4.79 Å². The van der Waals surface area contributed by atoms with Gasteiger partial charge < -0.3 is 4.79 Å². The molecule has 0 spiro atoms. The predicted molar refractivity (Wildman–Crippen MR) is 54.3 cm³/mol. The van der Waals surface area contributed by atoms with Crippen molar-refractivity contribution in [1.29, 1.82) is 0 Å². The van der Waals surface area contributed by atoms with Crippen LogP contribution in [0.2, 0.25) is 0 Å². The molecule has 0 aromatic rings. The van der Waals surface area contributed by atoms with E-state index in [1.54, 1.807) is 0 Å². The largest absolute Gasteiger partial charge is 0.303 e. The summed E-state index contributed by atoms with van der Waals surface area (Å²) in [5.41, 5.74) is 1.41. The van der Waals surface area contributed by atoms with Crippen LogP contribution in [0.25, 0.3) is 0 Å². The molecule has 1 saturated heterocycles. The van der Waals surface area contributed by atoms with Crippen molar-refractivity contribution in [3.63, 3.8) is 0 Å². The highest BCUT2D eigenvalue weighted by Gasteiger charge is 2.32. The van der Waals surface area contributed by atoms with Crippen molar-refractivity contribution in [3.05, 3.63) is 10.5 Å². The summed E-state index contributed by atoms with van der Waals surface area (Å²) in [7, 11) is 0. The average molecular weight is 184 g/mol. The van der Waals surface area contributed by atoms with Crippen molar-refractivity contribution in [1.82, 2.24) is 0 Å². The third kappa shape index (κ3) is 2.13. The van der Waals surface area contributed by atoms with Gasteiger partial charge in [-0.1, -0.05) is 5.57 Å². The van der Waals surface area contributed by atoms with E-state index in [1.165, 1.54) is 10.5 Å².